The zero-order valence-corrected chi connectivity index (χ0v) is 81.4. The van der Waals surface area contributed by atoms with Crippen LogP contribution in [0.1, 0.15) is 217 Å². The number of amides is 15. The number of rotatable bonds is 39. The molecule has 1 aliphatic rings. The first-order valence-electron chi connectivity index (χ1n) is 46.9. The van der Waals surface area contributed by atoms with Gasteiger partial charge in [0.25, 0.3) is 0 Å². The Balaban J connectivity index is 1.59. The van der Waals surface area contributed by atoms with Gasteiger partial charge in [0.2, 0.25) is 112 Å². The summed E-state index contributed by atoms with van der Waals surface area (Å²) in [6.07, 6.45) is 2.88. The molecule has 0 spiro atoms. The van der Waals surface area contributed by atoms with E-state index in [9.17, 15) is 82.4 Å². The van der Waals surface area contributed by atoms with Crippen LogP contribution in [0.5, 0.6) is 5.75 Å². The van der Waals surface area contributed by atoms with E-state index in [1.807, 2.05) is 12.2 Å². The third-order valence-electron chi connectivity index (χ3n) is 23.8. The molecule has 4 aromatic rings. The molecule has 4 unspecified atom stereocenters. The quantitative estimate of drug-likeness (QED) is 0.0216. The van der Waals surface area contributed by atoms with Gasteiger partial charge >= 0.3 is 5.97 Å². The summed E-state index contributed by atoms with van der Waals surface area (Å²) < 4.78 is 0. The Morgan fingerprint density at radius 3 is 1.67 bits per heavy atom. The SMILES string of the molecule is CC(=O)N[C@@H](CC(C)C)C(=O)N[C@H](C(=O)N[C@@H](Cc1ccccc1)C(=O)N[C@]1(C)CCCCCC/C=C/CCC[C@@](C)(C(=O)NC(C)C(=O)N[C@@H](C)C(=O)NC(C)C(=O)N[C@@H](C)C(=O)C(=O)[C@H](C)NC[C@H](C)C(N)=O)NC(=O)[C@H](CC(C)C)CN[C@@H](CCC(N)=O)C(=O)C(=O)C(C)NC(=O)[C@H](Cc2c[nH]c3ccccc23)NC(=O)C(Cc2ccc(O)cc2)NC(=O)[C@H](CCC(=O)O)NC1=O)[C@@H](C)O. The van der Waals surface area contributed by atoms with E-state index in [1.165, 1.54) is 100 Å². The van der Waals surface area contributed by atoms with Crippen molar-refractivity contribution in [3.05, 3.63) is 114 Å². The van der Waals surface area contributed by atoms with Gasteiger partial charge in [-0.3, -0.25) is 95.9 Å². The summed E-state index contributed by atoms with van der Waals surface area (Å²) in [5.41, 5.74) is 8.84. The lowest BCUT2D eigenvalue weighted by Crippen LogP contribution is -2.65. The lowest BCUT2D eigenvalue weighted by molar-refractivity contribution is -0.140. The lowest BCUT2D eigenvalue weighted by atomic mass is 9.89. The predicted octanol–water partition coefficient (Wildman–Crippen LogP) is 0.738. The number of para-hydroxylation sites is 1. The van der Waals surface area contributed by atoms with Crippen LogP contribution in [0.2, 0.25) is 0 Å². The standard InChI is InChI=1S/C97H142N18O23/c1-52(2)44-66-51-102-70(38-40-76(98)119)82(125)81(124)57(8)104-89(132)75(48-65-50-101-69-33-27-26-32-68(65)69)110-90(133)73(47-64-34-36-67(118)37-35-64)109-88(131)71(39-41-77(120)121)112-95(138)97(15,115-92(135)74(46-63-30-24-23-25-31-63)111-93(136)78(61(12)116)113-91(134)72(45-53(3)4)108-62(13)117)43-29-22-20-18-16-17-19-21-28-42-96(14,114-87(66)130)94(137)107-60(11)86(129)106-59(10)85(128)105-58(9)84(127)103-56(7)80(123)79(122)55(6)100-49-54(5)83(99)126/h17,19,23-27,30-37,50,52-61,66,70-75,78,100-102,116,118H,16,18,20-22,28-29,38-49,51H2,1-15H3,(H2,98,119)(H2,99,126)(H,103,127)(H,104,132)(H,105,128)(H,106,129)(H,107,137)(H,108,117)(H,109,131)(H,110,133)(H,111,136)(H,112,138)(H,113,134)(H,114,130)(H,115,135)(H,120,121)/b19-17+/t54-,55-,56-,57?,58?,59-,60?,61+,66+,70-,71-,72-,73?,74-,75-,78-,96-,97+/m0/s1. The van der Waals surface area contributed by atoms with E-state index in [1.54, 1.807) is 88.5 Å². The summed E-state index contributed by atoms with van der Waals surface area (Å²) in [6, 6.07) is 1.10. The van der Waals surface area contributed by atoms with E-state index in [-0.39, 0.29) is 82.0 Å². The second-order valence-corrected chi connectivity index (χ2v) is 37.1. The van der Waals surface area contributed by atoms with Crippen LogP contribution in [0.15, 0.2) is 97.2 Å². The number of aliphatic hydroxyl groups excluding tert-OH is 1. The Hall–Kier alpha value is -13.2. The van der Waals surface area contributed by atoms with Crippen LogP contribution >= 0.6 is 0 Å². The number of H-pyrrole nitrogens is 1. The van der Waals surface area contributed by atoms with Crippen LogP contribution in [-0.4, -0.2) is 247 Å². The number of carbonyl (C=O) groups excluding carboxylic acids is 19. The zero-order valence-electron chi connectivity index (χ0n) is 81.4. The summed E-state index contributed by atoms with van der Waals surface area (Å²) in [7, 11) is 0. The van der Waals surface area contributed by atoms with Crippen LogP contribution in [0.25, 0.3) is 10.9 Å². The molecule has 3 aromatic carbocycles. The van der Waals surface area contributed by atoms with Crippen LogP contribution in [-0.2, 0) is 115 Å². The number of benzene rings is 3. The van der Waals surface area contributed by atoms with Crippen molar-refractivity contribution < 1.29 is 111 Å². The van der Waals surface area contributed by atoms with E-state index in [0.717, 1.165) is 0 Å². The number of aliphatic carboxylic acids is 1. The van der Waals surface area contributed by atoms with Crippen molar-refractivity contribution >= 4 is 129 Å². The average molecular weight is 1930 g/mol. The van der Waals surface area contributed by atoms with Gasteiger partial charge in [0.05, 0.1) is 36.2 Å². The maximum atomic E-state index is 15.6. The summed E-state index contributed by atoms with van der Waals surface area (Å²) in [6.45, 7) is 21.2. The molecule has 1 aliphatic heterocycles. The van der Waals surface area contributed by atoms with E-state index in [0.29, 0.717) is 59.7 Å². The molecule has 0 aliphatic carbocycles. The number of Topliss-reactive ketones (excluding diaryl/α,β-unsaturated/α-hetero) is 4. The second-order valence-electron chi connectivity index (χ2n) is 37.1. The number of nitrogens with two attached hydrogens (primary N) is 2. The molecule has 758 valence electrons. The molecule has 41 heteroatoms. The Bertz CT molecular complexity index is 4960. The maximum absolute atomic E-state index is 15.6. The zero-order chi connectivity index (χ0) is 103. The number of carboxylic acids is 1. The number of phenols is 1. The number of carboxylic acid groups (broad SMARTS) is 1. The molecule has 18 atom stereocenters. The lowest BCUT2D eigenvalue weighted by Gasteiger charge is -2.34. The van der Waals surface area contributed by atoms with Crippen molar-refractivity contribution in [1.82, 2.24) is 84.7 Å². The maximum Gasteiger partial charge on any atom is 0.303 e. The van der Waals surface area contributed by atoms with E-state index < -0.39 is 257 Å². The van der Waals surface area contributed by atoms with Crippen molar-refractivity contribution in [2.24, 2.45) is 35.1 Å². The van der Waals surface area contributed by atoms with Gasteiger partial charge in [-0.25, -0.2) is 0 Å². The Morgan fingerprint density at radius 1 is 0.522 bits per heavy atom. The smallest absolute Gasteiger partial charge is 0.303 e. The topological polar surface area (TPSA) is 650 Å². The molecule has 0 radical (unpaired) electrons. The molecule has 0 saturated heterocycles. The Kier molecular flexibility index (Phi) is 46.7. The highest BCUT2D eigenvalue weighted by atomic mass is 16.4. The van der Waals surface area contributed by atoms with Gasteiger partial charge in [-0.2, -0.15) is 0 Å². The summed E-state index contributed by atoms with van der Waals surface area (Å²) in [4.78, 5) is 283. The van der Waals surface area contributed by atoms with Crippen LogP contribution < -0.4 is 91.2 Å². The average Bonchev–Trinajstić information content (AvgIpc) is 1.72. The van der Waals surface area contributed by atoms with Crippen LogP contribution in [0, 0.1) is 23.7 Å². The highest BCUT2D eigenvalue weighted by Gasteiger charge is 2.44. The minimum absolute atomic E-state index is 0.00428. The number of aromatic hydroxyl groups is 1. The molecule has 0 saturated carbocycles. The molecule has 1 aromatic heterocycles. The number of nitrogens with one attached hydrogen (secondary N) is 16. The van der Waals surface area contributed by atoms with Crippen LogP contribution in [0.4, 0.5) is 0 Å². The minimum Gasteiger partial charge on any atom is -0.508 e. The third-order valence-corrected chi connectivity index (χ3v) is 23.8. The van der Waals surface area contributed by atoms with Gasteiger partial charge in [0, 0.05) is 75.1 Å². The van der Waals surface area contributed by atoms with Crippen molar-refractivity contribution in [2.45, 2.75) is 315 Å². The number of ketones is 4. The van der Waals surface area contributed by atoms with Gasteiger partial charge < -0.3 is 112 Å². The van der Waals surface area contributed by atoms with Crippen molar-refractivity contribution in [1.29, 1.82) is 0 Å². The summed E-state index contributed by atoms with van der Waals surface area (Å²) in [5, 5.41) is 71.9. The Morgan fingerprint density at radius 2 is 1.08 bits per heavy atom. The predicted molar refractivity (Wildman–Crippen MR) is 510 cm³/mol. The first-order valence-corrected chi connectivity index (χ1v) is 46.9. The van der Waals surface area contributed by atoms with Gasteiger partial charge in [-0.1, -0.05) is 127 Å². The van der Waals surface area contributed by atoms with Crippen molar-refractivity contribution in [2.75, 3.05) is 13.1 Å². The number of aromatic nitrogens is 1. The van der Waals surface area contributed by atoms with Gasteiger partial charge in [0.15, 0.2) is 0 Å². The highest BCUT2D eigenvalue weighted by molar-refractivity contribution is 6.41. The van der Waals surface area contributed by atoms with Crippen LogP contribution in [0.3, 0.4) is 0 Å². The molecule has 15 amide bonds. The van der Waals surface area contributed by atoms with E-state index in [2.05, 4.69) is 84.7 Å². The van der Waals surface area contributed by atoms with Crippen molar-refractivity contribution in [3.63, 3.8) is 0 Å². The number of primary amides is 2. The number of phenolic OH excluding ortho intramolecular Hbond substituents is 1. The van der Waals surface area contributed by atoms with E-state index in [4.69, 9.17) is 11.5 Å². The molecule has 0 fully saturated rings. The van der Waals surface area contributed by atoms with Gasteiger partial charge in [-0.05, 0) is 173 Å². The van der Waals surface area contributed by atoms with Crippen molar-refractivity contribution in [3.8, 4) is 5.75 Å². The molecular weight excluding hydrogens is 1790 g/mol. The molecule has 23 N–H and O–H groups in total. The molecule has 138 heavy (non-hydrogen) atoms. The fraction of sp³-hybridized carbons (Fsp3) is 0.567. The van der Waals surface area contributed by atoms with Gasteiger partial charge in [-0.15, -0.1) is 0 Å². The fourth-order valence-electron chi connectivity index (χ4n) is 15.4. The second kappa shape index (κ2) is 55.9. The monoisotopic (exact) mass is 1930 g/mol. The molecule has 2 heterocycles. The van der Waals surface area contributed by atoms with Gasteiger partial charge in [0.1, 0.15) is 71.2 Å². The fourth-order valence-corrected chi connectivity index (χ4v) is 15.4. The summed E-state index contributed by atoms with van der Waals surface area (Å²) >= 11 is 0. The number of carbonyl (C=O) groups is 20. The first-order chi connectivity index (χ1) is 64.8. The summed E-state index contributed by atoms with van der Waals surface area (Å²) in [5.74, 6) is -21.6. The normalized spacial score (nSPS) is 22.0. The first kappa shape index (κ1) is 115. The minimum atomic E-state index is -2.08. The number of allylic oxidation sites excluding steroid dienone is 2. The number of hydrogen-bond donors (Lipinski definition) is 21. The Labute approximate surface area is 803 Å². The molecule has 5 rings (SSSR count). The molecular formula is C97H142N18O23. The van der Waals surface area contributed by atoms with E-state index >= 15 is 28.8 Å². The third kappa shape index (κ3) is 38.1. The molecule has 0 bridgehead atoms. The largest absolute Gasteiger partial charge is 0.508 e. The molecule has 41 nitrogen and oxygen atoms in total. The number of aliphatic hydroxyl groups is 1. The number of hydrogen-bond acceptors (Lipinski definition) is 24. The number of aromatic amines is 1. The number of fused-ring (bicyclic) bond motifs is 1. The highest BCUT2D eigenvalue weighted by Crippen LogP contribution is 2.25.